The van der Waals surface area contributed by atoms with E-state index in [1.54, 1.807) is 0 Å². The molecule has 0 bridgehead atoms. The zero-order chi connectivity index (χ0) is 15.0. The van der Waals surface area contributed by atoms with Crippen molar-refractivity contribution in [2.24, 2.45) is 0 Å². The second kappa shape index (κ2) is 4.92. The van der Waals surface area contributed by atoms with Gasteiger partial charge in [0.25, 0.3) is 0 Å². The van der Waals surface area contributed by atoms with Gasteiger partial charge in [-0.3, -0.25) is 9.97 Å². The molecule has 0 saturated carbocycles. The van der Waals surface area contributed by atoms with Gasteiger partial charge < -0.3 is 0 Å². The van der Waals surface area contributed by atoms with Gasteiger partial charge in [-0.15, -0.1) is 5.10 Å². The Morgan fingerprint density at radius 1 is 1.10 bits per heavy atom. The molecular weight excluding hydrogens is 305 g/mol. The van der Waals surface area contributed by atoms with Crippen LogP contribution in [0.4, 0.5) is 13.2 Å². The highest BCUT2D eigenvalue weighted by atomic mass is 35.5. The normalized spacial score (nSPS) is 11.8. The van der Waals surface area contributed by atoms with Gasteiger partial charge in [0.2, 0.25) is 0 Å². The summed E-state index contributed by atoms with van der Waals surface area (Å²) in [5.41, 5.74) is -0.159. The molecule has 0 aliphatic rings. The molecule has 0 unspecified atom stereocenters. The van der Waals surface area contributed by atoms with Gasteiger partial charge in [0.15, 0.2) is 0 Å². The number of alkyl halides is 3. The number of aromatic nitrogens is 4. The largest absolute Gasteiger partial charge is 0.418 e. The van der Waals surface area contributed by atoms with Gasteiger partial charge in [0.05, 0.1) is 22.5 Å². The lowest BCUT2D eigenvalue weighted by Gasteiger charge is -2.11. The number of pyridine rings is 2. The first-order chi connectivity index (χ1) is 9.97. The van der Waals surface area contributed by atoms with Crippen LogP contribution in [0.25, 0.3) is 22.3 Å². The molecule has 3 heterocycles. The molecule has 3 aromatic rings. The summed E-state index contributed by atoms with van der Waals surface area (Å²) in [4.78, 5) is 7.84. The Bertz CT molecular complexity index is 820. The van der Waals surface area contributed by atoms with Crippen LogP contribution in [0.15, 0.2) is 36.8 Å². The van der Waals surface area contributed by atoms with Gasteiger partial charge in [-0.2, -0.15) is 18.3 Å². The van der Waals surface area contributed by atoms with Crippen molar-refractivity contribution in [1.29, 1.82) is 0 Å². The van der Waals surface area contributed by atoms with E-state index < -0.39 is 11.7 Å². The van der Waals surface area contributed by atoms with Crippen molar-refractivity contribution in [1.82, 2.24) is 20.2 Å². The van der Waals surface area contributed by atoms with Crippen molar-refractivity contribution in [3.05, 3.63) is 47.4 Å². The lowest BCUT2D eigenvalue weighted by Crippen LogP contribution is -2.08. The minimum absolute atomic E-state index is 0.201. The summed E-state index contributed by atoms with van der Waals surface area (Å²) >= 11 is 5.90. The van der Waals surface area contributed by atoms with Crippen molar-refractivity contribution in [2.75, 3.05) is 0 Å². The summed E-state index contributed by atoms with van der Waals surface area (Å²) in [6, 6.07) is 3.63. The first-order valence-electron chi connectivity index (χ1n) is 5.76. The van der Waals surface area contributed by atoms with Gasteiger partial charge in [-0.05, 0) is 18.2 Å². The fourth-order valence-corrected chi connectivity index (χ4v) is 2.10. The van der Waals surface area contributed by atoms with E-state index in [4.69, 9.17) is 11.6 Å². The first kappa shape index (κ1) is 13.7. The van der Waals surface area contributed by atoms with Crippen molar-refractivity contribution >= 4 is 22.6 Å². The third-order valence-electron chi connectivity index (χ3n) is 2.82. The Morgan fingerprint density at radius 2 is 1.90 bits per heavy atom. The molecule has 0 amide bonds. The maximum absolute atomic E-state index is 13.0. The van der Waals surface area contributed by atoms with Gasteiger partial charge in [-0.1, -0.05) is 11.6 Å². The van der Waals surface area contributed by atoms with Crippen LogP contribution in [0.3, 0.4) is 0 Å². The first-order valence-corrected chi connectivity index (χ1v) is 6.14. The van der Waals surface area contributed by atoms with Crippen LogP contribution < -0.4 is 0 Å². The number of hydrogen-bond donors (Lipinski definition) is 0. The topological polar surface area (TPSA) is 51.6 Å². The zero-order valence-corrected chi connectivity index (χ0v) is 11.0. The predicted molar refractivity (Wildman–Crippen MR) is 70.6 cm³/mol. The highest BCUT2D eigenvalue weighted by molar-refractivity contribution is 6.34. The average molecular weight is 311 g/mol. The third kappa shape index (κ3) is 2.52. The number of halogens is 4. The number of rotatable bonds is 1. The fourth-order valence-electron chi connectivity index (χ4n) is 1.91. The molecule has 0 radical (unpaired) electrons. The Hall–Kier alpha value is -2.28. The van der Waals surface area contributed by atoms with Crippen LogP contribution >= 0.6 is 11.6 Å². The van der Waals surface area contributed by atoms with Gasteiger partial charge in [0.1, 0.15) is 11.0 Å². The molecule has 3 aromatic heterocycles. The Morgan fingerprint density at radius 3 is 2.67 bits per heavy atom. The van der Waals surface area contributed by atoms with Crippen LogP contribution in [0.5, 0.6) is 0 Å². The standard InChI is InChI=1S/C13H6ClF3N4/c14-9-6-20-21-10-4-7(5-19-12(9)10)11-8(13(15,16)17)2-1-3-18-11/h1-6H. The highest BCUT2D eigenvalue weighted by Gasteiger charge is 2.34. The van der Waals surface area contributed by atoms with Crippen LogP contribution in [0, 0.1) is 0 Å². The van der Waals surface area contributed by atoms with E-state index in [0.29, 0.717) is 11.0 Å². The number of hydrogen-bond acceptors (Lipinski definition) is 4. The fraction of sp³-hybridized carbons (Fsp3) is 0.0769. The molecule has 0 aliphatic heterocycles. The van der Waals surface area contributed by atoms with E-state index in [2.05, 4.69) is 20.2 Å². The smallest absolute Gasteiger partial charge is 0.256 e. The van der Waals surface area contributed by atoms with E-state index in [1.165, 1.54) is 30.7 Å². The van der Waals surface area contributed by atoms with E-state index >= 15 is 0 Å². The lowest BCUT2D eigenvalue weighted by molar-refractivity contribution is -0.137. The summed E-state index contributed by atoms with van der Waals surface area (Å²) in [5.74, 6) is 0. The number of nitrogens with zero attached hydrogens (tertiary/aromatic N) is 4. The number of fused-ring (bicyclic) bond motifs is 1. The summed E-state index contributed by atoms with van der Waals surface area (Å²) in [6.45, 7) is 0. The Kier molecular flexibility index (Phi) is 3.21. The highest BCUT2D eigenvalue weighted by Crippen LogP contribution is 2.36. The van der Waals surface area contributed by atoms with Crippen LogP contribution in [0.1, 0.15) is 5.56 Å². The molecule has 0 fully saturated rings. The second-order valence-corrected chi connectivity index (χ2v) is 4.59. The summed E-state index contributed by atoms with van der Waals surface area (Å²) < 4.78 is 39.0. The van der Waals surface area contributed by atoms with Crippen molar-refractivity contribution < 1.29 is 13.2 Å². The quantitative estimate of drug-likeness (QED) is 0.686. The molecule has 0 atom stereocenters. The molecule has 0 spiro atoms. The Balaban J connectivity index is 2.22. The van der Waals surface area contributed by atoms with E-state index in [1.807, 2.05) is 0 Å². The zero-order valence-electron chi connectivity index (χ0n) is 10.3. The molecular formula is C13H6ClF3N4. The summed E-state index contributed by atoms with van der Waals surface area (Å²) in [6.07, 6.45) is -0.608. The van der Waals surface area contributed by atoms with Gasteiger partial charge >= 0.3 is 6.18 Å². The summed E-state index contributed by atoms with van der Waals surface area (Å²) in [7, 11) is 0. The van der Waals surface area contributed by atoms with Crippen LogP contribution in [0.2, 0.25) is 5.02 Å². The van der Waals surface area contributed by atoms with Crippen LogP contribution in [-0.4, -0.2) is 20.2 Å². The molecule has 0 N–H and O–H groups in total. The molecule has 21 heavy (non-hydrogen) atoms. The molecule has 4 nitrogen and oxygen atoms in total. The van der Waals surface area contributed by atoms with Crippen LogP contribution in [-0.2, 0) is 6.18 Å². The maximum Gasteiger partial charge on any atom is 0.418 e. The van der Waals surface area contributed by atoms with E-state index in [-0.39, 0.29) is 16.3 Å². The average Bonchev–Trinajstić information content (AvgIpc) is 2.46. The maximum atomic E-state index is 13.0. The van der Waals surface area contributed by atoms with Crippen molar-refractivity contribution in [3.8, 4) is 11.3 Å². The molecule has 8 heteroatoms. The molecule has 3 rings (SSSR count). The van der Waals surface area contributed by atoms with Gasteiger partial charge in [-0.25, -0.2) is 0 Å². The summed E-state index contributed by atoms with van der Waals surface area (Å²) in [5, 5.41) is 7.75. The van der Waals surface area contributed by atoms with Crippen molar-refractivity contribution in [3.63, 3.8) is 0 Å². The van der Waals surface area contributed by atoms with E-state index in [9.17, 15) is 13.2 Å². The lowest BCUT2D eigenvalue weighted by atomic mass is 10.1. The SMILES string of the molecule is FC(F)(F)c1cccnc1-c1cnc2c(Cl)cnnc2c1. The second-order valence-electron chi connectivity index (χ2n) is 4.18. The molecule has 0 aliphatic carbocycles. The monoisotopic (exact) mass is 310 g/mol. The predicted octanol–water partition coefficient (Wildman–Crippen LogP) is 3.76. The molecule has 0 saturated heterocycles. The molecule has 0 aromatic carbocycles. The third-order valence-corrected chi connectivity index (χ3v) is 3.09. The Labute approximate surface area is 121 Å². The minimum Gasteiger partial charge on any atom is -0.256 e. The van der Waals surface area contributed by atoms with E-state index in [0.717, 1.165) is 6.07 Å². The van der Waals surface area contributed by atoms with Crippen molar-refractivity contribution in [2.45, 2.75) is 6.18 Å². The molecule has 106 valence electrons. The minimum atomic E-state index is -4.50. The van der Waals surface area contributed by atoms with Gasteiger partial charge in [0, 0.05) is 18.0 Å².